The number of hydrogen-bond donors (Lipinski definition) is 3. The molecule has 0 aliphatic carbocycles. The highest BCUT2D eigenvalue weighted by Gasteiger charge is 2.19. The number of tetrazole rings is 1. The molecule has 28 heavy (non-hydrogen) atoms. The second-order valence-electron chi connectivity index (χ2n) is 6.18. The fourth-order valence-electron chi connectivity index (χ4n) is 2.60. The first-order valence-electron chi connectivity index (χ1n) is 8.66. The number of aliphatic hydroxyl groups is 1. The molecule has 0 aliphatic heterocycles. The van der Waals surface area contributed by atoms with E-state index in [-0.39, 0.29) is 6.61 Å². The topological polar surface area (TPSA) is 122 Å². The lowest BCUT2D eigenvalue weighted by Crippen LogP contribution is -2.44. The number of nitrogens with zero attached hydrogens (tertiary/aromatic N) is 4. The molecule has 1 heterocycles. The molecule has 1 atom stereocenters. The van der Waals surface area contributed by atoms with Crippen molar-refractivity contribution in [2.24, 2.45) is 7.05 Å². The Balaban J connectivity index is 1.56. The van der Waals surface area contributed by atoms with Crippen LogP contribution in [0.15, 0.2) is 54.6 Å². The minimum Gasteiger partial charge on any atom is -0.394 e. The summed E-state index contributed by atoms with van der Waals surface area (Å²) < 4.78 is 0. The van der Waals surface area contributed by atoms with Crippen molar-refractivity contribution in [3.63, 3.8) is 0 Å². The van der Waals surface area contributed by atoms with E-state index in [4.69, 9.17) is 0 Å². The van der Waals surface area contributed by atoms with Crippen LogP contribution in [0.4, 0.5) is 5.69 Å². The highest BCUT2D eigenvalue weighted by Crippen LogP contribution is 2.17. The molecule has 0 saturated carbocycles. The molecule has 0 saturated heterocycles. The van der Waals surface area contributed by atoms with Crippen LogP contribution in [0.1, 0.15) is 5.56 Å². The van der Waals surface area contributed by atoms with E-state index in [1.54, 1.807) is 31.3 Å². The fourth-order valence-corrected chi connectivity index (χ4v) is 2.60. The van der Waals surface area contributed by atoms with Crippen LogP contribution in [0.3, 0.4) is 0 Å². The predicted molar refractivity (Wildman–Crippen MR) is 102 cm³/mol. The minimum absolute atomic E-state index is 0.270. The molecule has 0 fully saturated rings. The zero-order chi connectivity index (χ0) is 19.9. The molecule has 9 heteroatoms. The molecule has 0 radical (unpaired) electrons. The van der Waals surface area contributed by atoms with Crippen LogP contribution < -0.4 is 10.6 Å². The third-order valence-corrected chi connectivity index (χ3v) is 4.00. The zero-order valence-corrected chi connectivity index (χ0v) is 15.2. The smallest absolute Gasteiger partial charge is 0.313 e. The molecule has 9 nitrogen and oxygen atoms in total. The first-order chi connectivity index (χ1) is 13.5. The quantitative estimate of drug-likeness (QED) is 0.537. The number of anilines is 1. The third kappa shape index (κ3) is 4.98. The van der Waals surface area contributed by atoms with Gasteiger partial charge in [-0.3, -0.25) is 9.59 Å². The Morgan fingerprint density at radius 1 is 1.07 bits per heavy atom. The van der Waals surface area contributed by atoms with Gasteiger partial charge < -0.3 is 15.7 Å². The van der Waals surface area contributed by atoms with Gasteiger partial charge in [0.05, 0.1) is 19.7 Å². The van der Waals surface area contributed by atoms with Gasteiger partial charge in [0.1, 0.15) is 0 Å². The molecule has 3 rings (SSSR count). The van der Waals surface area contributed by atoms with Crippen molar-refractivity contribution in [3.8, 4) is 11.4 Å². The van der Waals surface area contributed by atoms with Gasteiger partial charge in [0.25, 0.3) is 0 Å². The van der Waals surface area contributed by atoms with Gasteiger partial charge in [0.2, 0.25) is 5.82 Å². The lowest BCUT2D eigenvalue weighted by Gasteiger charge is -2.16. The number of aliphatic hydroxyl groups excluding tert-OH is 1. The van der Waals surface area contributed by atoms with E-state index < -0.39 is 17.9 Å². The van der Waals surface area contributed by atoms with Crippen molar-refractivity contribution < 1.29 is 14.7 Å². The molecule has 144 valence electrons. The number of nitrogens with one attached hydrogen (secondary N) is 2. The molecule has 3 N–H and O–H groups in total. The van der Waals surface area contributed by atoms with Gasteiger partial charge in [-0.25, -0.2) is 0 Å². The number of rotatable bonds is 6. The highest BCUT2D eigenvalue weighted by molar-refractivity contribution is 6.39. The number of carbonyl (C=O) groups is 2. The van der Waals surface area contributed by atoms with E-state index in [9.17, 15) is 14.7 Å². The summed E-state index contributed by atoms with van der Waals surface area (Å²) >= 11 is 0. The standard InChI is InChI=1S/C19H20N6O3/c1-25-23-17(22-24-25)14-7-9-15(10-8-14)20-18(27)19(28)21-16(12-26)11-13-5-3-2-4-6-13/h2-10,16,26H,11-12H2,1H3,(H,20,27)(H,21,28)/t16-/m1/s1. The second kappa shape index (κ2) is 8.87. The summed E-state index contributed by atoms with van der Waals surface area (Å²) in [6.45, 7) is -0.270. The van der Waals surface area contributed by atoms with Gasteiger partial charge in [-0.1, -0.05) is 30.3 Å². The molecule has 0 aliphatic rings. The molecule has 0 unspecified atom stereocenters. The van der Waals surface area contributed by atoms with Crippen LogP contribution in [0.2, 0.25) is 0 Å². The van der Waals surface area contributed by atoms with E-state index in [1.165, 1.54) is 4.80 Å². The Morgan fingerprint density at radius 3 is 2.39 bits per heavy atom. The summed E-state index contributed by atoms with van der Waals surface area (Å²) in [5.74, 6) is -1.16. The molecular formula is C19H20N6O3. The first-order valence-corrected chi connectivity index (χ1v) is 8.66. The van der Waals surface area contributed by atoms with Crippen LogP contribution in [0.25, 0.3) is 11.4 Å². The summed E-state index contributed by atoms with van der Waals surface area (Å²) in [5, 5.41) is 26.3. The first kappa shape index (κ1) is 19.2. The van der Waals surface area contributed by atoms with Crippen molar-refractivity contribution in [2.45, 2.75) is 12.5 Å². The molecule has 2 amide bonds. The van der Waals surface area contributed by atoms with Crippen molar-refractivity contribution in [1.29, 1.82) is 0 Å². The summed E-state index contributed by atoms with van der Waals surface area (Å²) in [5.41, 5.74) is 2.14. The Kier molecular flexibility index (Phi) is 6.07. The van der Waals surface area contributed by atoms with Crippen LogP contribution >= 0.6 is 0 Å². The van der Waals surface area contributed by atoms with E-state index in [0.717, 1.165) is 11.1 Å². The largest absolute Gasteiger partial charge is 0.394 e. The van der Waals surface area contributed by atoms with Gasteiger partial charge in [-0.2, -0.15) is 4.80 Å². The molecular weight excluding hydrogens is 360 g/mol. The normalized spacial score (nSPS) is 11.6. The van der Waals surface area contributed by atoms with Crippen LogP contribution in [0.5, 0.6) is 0 Å². The maximum Gasteiger partial charge on any atom is 0.313 e. The van der Waals surface area contributed by atoms with Gasteiger partial charge in [-0.15, -0.1) is 10.2 Å². The predicted octanol–water partition coefficient (Wildman–Crippen LogP) is 0.535. The SMILES string of the molecule is Cn1nnc(-c2ccc(NC(=O)C(=O)N[C@@H](CO)Cc3ccccc3)cc2)n1. The molecule has 1 aromatic heterocycles. The fraction of sp³-hybridized carbons (Fsp3) is 0.211. The van der Waals surface area contributed by atoms with E-state index in [1.807, 2.05) is 30.3 Å². The van der Waals surface area contributed by atoms with Gasteiger partial charge in [0.15, 0.2) is 0 Å². The van der Waals surface area contributed by atoms with Crippen molar-refractivity contribution >= 4 is 17.5 Å². The van der Waals surface area contributed by atoms with Gasteiger partial charge in [-0.05, 0) is 41.5 Å². The average molecular weight is 380 g/mol. The Hall–Kier alpha value is -3.59. The maximum atomic E-state index is 12.1. The minimum atomic E-state index is -0.811. The second-order valence-corrected chi connectivity index (χ2v) is 6.18. The van der Waals surface area contributed by atoms with Crippen LogP contribution in [0, 0.1) is 0 Å². The molecule has 2 aromatic carbocycles. The van der Waals surface area contributed by atoms with Crippen LogP contribution in [-0.2, 0) is 23.1 Å². The maximum absolute atomic E-state index is 12.1. The summed E-state index contributed by atoms with van der Waals surface area (Å²) in [6.07, 6.45) is 0.427. The number of amides is 2. The van der Waals surface area contributed by atoms with E-state index in [0.29, 0.717) is 17.9 Å². The van der Waals surface area contributed by atoms with Crippen molar-refractivity contribution in [1.82, 2.24) is 25.5 Å². The van der Waals surface area contributed by atoms with Crippen molar-refractivity contribution in [3.05, 3.63) is 60.2 Å². The number of aryl methyl sites for hydroxylation is 1. The molecule has 3 aromatic rings. The lowest BCUT2D eigenvalue weighted by atomic mass is 10.1. The Morgan fingerprint density at radius 2 is 1.79 bits per heavy atom. The van der Waals surface area contributed by atoms with Gasteiger partial charge in [0, 0.05) is 11.3 Å². The number of hydrogen-bond acceptors (Lipinski definition) is 6. The number of carbonyl (C=O) groups excluding carboxylic acids is 2. The summed E-state index contributed by atoms with van der Waals surface area (Å²) in [6, 6.07) is 15.6. The highest BCUT2D eigenvalue weighted by atomic mass is 16.3. The van der Waals surface area contributed by atoms with E-state index in [2.05, 4.69) is 26.0 Å². The van der Waals surface area contributed by atoms with Crippen LogP contribution in [-0.4, -0.2) is 49.8 Å². The molecule has 0 bridgehead atoms. The van der Waals surface area contributed by atoms with Crippen molar-refractivity contribution in [2.75, 3.05) is 11.9 Å². The van der Waals surface area contributed by atoms with E-state index >= 15 is 0 Å². The third-order valence-electron chi connectivity index (χ3n) is 4.00. The number of benzene rings is 2. The van der Waals surface area contributed by atoms with Gasteiger partial charge >= 0.3 is 11.8 Å². The summed E-state index contributed by atoms with van der Waals surface area (Å²) in [4.78, 5) is 25.6. The Labute approximate surface area is 161 Å². The monoisotopic (exact) mass is 380 g/mol. The lowest BCUT2D eigenvalue weighted by molar-refractivity contribution is -0.136. The zero-order valence-electron chi connectivity index (χ0n) is 15.2. The summed E-state index contributed by atoms with van der Waals surface area (Å²) in [7, 11) is 1.67. The average Bonchev–Trinajstić information content (AvgIpc) is 3.15. The number of aromatic nitrogens is 4. The molecule has 0 spiro atoms. The Bertz CT molecular complexity index is 940.